The quantitative estimate of drug-likeness (QED) is 0.0625. The number of hydrogen-bond donors (Lipinski definition) is 7. The molecule has 0 amide bonds. The fourth-order valence-corrected chi connectivity index (χ4v) is 10.8. The zero-order valence-corrected chi connectivity index (χ0v) is 81.0. The number of nitrogens with one attached hydrogen (secondary N) is 4. The fourth-order valence-electron chi connectivity index (χ4n) is 10.5. The molecule has 0 aliphatic heterocycles. The number of methoxy groups -OCH3 is 1. The van der Waals surface area contributed by atoms with Crippen LogP contribution in [0.5, 0.6) is 17.2 Å². The lowest BCUT2D eigenvalue weighted by Gasteiger charge is -2.19. The molecule has 0 aliphatic rings. The van der Waals surface area contributed by atoms with Gasteiger partial charge >= 0.3 is 0 Å². The van der Waals surface area contributed by atoms with Crippen molar-refractivity contribution in [3.63, 3.8) is 0 Å². The van der Waals surface area contributed by atoms with Gasteiger partial charge in [-0.15, -0.1) is 0 Å². The summed E-state index contributed by atoms with van der Waals surface area (Å²) < 4.78 is 31.9. The number of aromatic nitrogens is 8. The number of ether oxygens (including phenoxy) is 1. The highest BCUT2D eigenvalue weighted by Crippen LogP contribution is 2.36. The molecule has 7 N–H and O–H groups in total. The molecular weight excluding hydrogens is 1520 g/mol. The number of fused-ring (bicyclic) bond motifs is 4. The zero-order valence-electron chi connectivity index (χ0n) is 79.5. The van der Waals surface area contributed by atoms with Gasteiger partial charge in [0, 0.05) is 74.7 Å². The number of phenols is 2. The van der Waals surface area contributed by atoms with Crippen LogP contribution in [-0.2, 0) is 37.9 Å². The molecule has 7 aromatic heterocycles. The van der Waals surface area contributed by atoms with Crippen molar-refractivity contribution >= 4 is 67.2 Å². The highest BCUT2D eigenvalue weighted by atomic mass is 35.5. The molecule has 4 aromatic carbocycles. The smallest absolute Gasteiger partial charge is 0.215 e. The van der Waals surface area contributed by atoms with Crippen molar-refractivity contribution in [2.24, 2.45) is 27.6 Å². The van der Waals surface area contributed by atoms with Crippen LogP contribution < -0.4 is 4.74 Å². The highest BCUT2D eigenvalue weighted by Gasteiger charge is 2.23. The zero-order chi connectivity index (χ0) is 91.9. The first-order valence-corrected chi connectivity index (χ1v) is 41.7. The van der Waals surface area contributed by atoms with E-state index in [0.29, 0.717) is 32.7 Å². The predicted octanol–water partition coefficient (Wildman–Crippen LogP) is 29.0. The van der Waals surface area contributed by atoms with Gasteiger partial charge in [-0.05, 0) is 259 Å². The number of phenolic OH excluding ortho intramolecular Hbond substituents is 2. The largest absolute Gasteiger partial charge is 0.508 e. The number of nitrogens with zero attached hydrogens (tertiary/aromatic N) is 4. The number of pyridine rings is 3. The Kier molecular flexibility index (Phi) is 38.7. The molecule has 0 spiro atoms. The third kappa shape index (κ3) is 40.7. The summed E-state index contributed by atoms with van der Waals surface area (Å²) in [6, 6.07) is 34.0. The lowest BCUT2D eigenvalue weighted by molar-refractivity contribution is 0.143. The van der Waals surface area contributed by atoms with E-state index < -0.39 is 11.5 Å². The normalized spacial score (nSPS) is 11.9. The maximum atomic E-state index is 13.6. The maximum absolute atomic E-state index is 13.6. The third-order valence-corrected chi connectivity index (χ3v) is 17.7. The van der Waals surface area contributed by atoms with Gasteiger partial charge in [0.15, 0.2) is 0 Å². The summed E-state index contributed by atoms with van der Waals surface area (Å²) in [5.41, 5.74) is 11.7. The molecular formula is C103H146Cl2F2N8O4. The number of halogens is 4. The highest BCUT2D eigenvalue weighted by molar-refractivity contribution is 6.32. The third-order valence-electron chi connectivity index (χ3n) is 17.0. The van der Waals surface area contributed by atoms with Crippen LogP contribution in [0.3, 0.4) is 0 Å². The molecule has 12 nitrogen and oxygen atoms in total. The number of rotatable bonds is 1. The average Bonchev–Trinajstić information content (AvgIpc) is 1.76. The number of hydrogen-bond acceptors (Lipinski definition) is 8. The molecule has 0 fully saturated rings. The van der Waals surface area contributed by atoms with Gasteiger partial charge in [-0.1, -0.05) is 242 Å². The first-order valence-electron chi connectivity index (χ1n) is 40.9. The molecule has 650 valence electrons. The molecule has 0 saturated heterocycles. The summed E-state index contributed by atoms with van der Waals surface area (Å²) in [5, 5.41) is 39.4. The van der Waals surface area contributed by atoms with Crippen molar-refractivity contribution in [2.45, 2.75) is 300 Å². The van der Waals surface area contributed by atoms with Crippen molar-refractivity contribution in [3.05, 3.63) is 207 Å². The summed E-state index contributed by atoms with van der Waals surface area (Å²) in [7, 11) is 1.63. The molecule has 11 aromatic rings. The number of aromatic amines is 4. The minimum absolute atomic E-state index is 0.0139. The summed E-state index contributed by atoms with van der Waals surface area (Å²) >= 11 is 11.6. The van der Waals surface area contributed by atoms with Gasteiger partial charge in [-0.2, -0.15) is 9.49 Å². The predicted molar refractivity (Wildman–Crippen MR) is 507 cm³/mol. The molecule has 0 saturated carbocycles. The van der Waals surface area contributed by atoms with E-state index in [1.165, 1.54) is 39.7 Å². The van der Waals surface area contributed by atoms with Crippen LogP contribution in [0.4, 0.5) is 8.78 Å². The van der Waals surface area contributed by atoms with E-state index >= 15 is 0 Å². The Labute approximate surface area is 725 Å². The molecule has 11 rings (SSSR count). The van der Waals surface area contributed by atoms with Crippen LogP contribution in [0, 0.1) is 74.9 Å². The molecule has 119 heavy (non-hydrogen) atoms. The second kappa shape index (κ2) is 43.4. The van der Waals surface area contributed by atoms with Gasteiger partial charge in [-0.25, -0.2) is 19.3 Å². The van der Waals surface area contributed by atoms with Crippen LogP contribution in [0.2, 0.25) is 10.0 Å². The lowest BCUT2D eigenvalue weighted by atomic mass is 9.86. The van der Waals surface area contributed by atoms with Crippen molar-refractivity contribution < 1.29 is 28.8 Å². The second-order valence-electron chi connectivity index (χ2n) is 42.0. The van der Waals surface area contributed by atoms with Gasteiger partial charge in [-0.3, -0.25) is 5.10 Å². The minimum Gasteiger partial charge on any atom is -0.508 e. The SMILES string of the molecule is CC(C)(C)C#CC(C)(C)C.CC(C)(C)C#CC(C)(C)O.CC(C)(C)c1cc(F)c2cn[nH]c2c1.CC(C)(C)c1cc(F)nc2[nH]ccc12.CC(C)(C)c1ccc(Cl)c(O)c1.CC(C)(C)c1cccc(O)c1.CC(C)(C)c1ccnc2[nH]ccc12.CC(C)(C)c1ccnc2[nH]ccc12.CC(C)C#CC(C)(C)C.COc1cc(C(C)(C)C)ccc1Cl. The van der Waals surface area contributed by atoms with Crippen molar-refractivity contribution in [2.75, 3.05) is 7.11 Å². The van der Waals surface area contributed by atoms with Crippen LogP contribution in [-0.4, -0.2) is 68.1 Å². The van der Waals surface area contributed by atoms with Crippen LogP contribution in [0.15, 0.2) is 146 Å². The second-order valence-corrected chi connectivity index (χ2v) is 42.8. The van der Waals surface area contributed by atoms with E-state index in [2.05, 4.69) is 321 Å². The van der Waals surface area contributed by atoms with E-state index in [-0.39, 0.29) is 71.1 Å². The first kappa shape index (κ1) is 106. The standard InChI is InChI=1S/C11H15ClO.2C11H13FN2.2C11H14N2.C10H13ClO.C10H14O.C10H18.C9H16O.C9H16/c1-11(2,3)8-5-6-9(12)10(7-8)13-4;1-11(2,3)7-4-9(12)8-6-13-14-10(8)5-7;1-11(2,3)8-6-9(12)14-10-7(8)4-5-13-10;2*1-11(2,3)9-5-7-13-10-8(9)4-6-12-10;1-10(2,3)7-4-5-8(11)9(12)6-7;1-10(2,3)8-5-4-6-9(11)7-8;1-9(2,3)7-8-10(4,5)6;1-8(2,3)6-7-9(4,5)10;1-8(2)6-7-9(3,4)5/h5-7H,1-4H3;2*4-6H,1-3H3,(H,13,14);2*4-7H,1-3H3,(H,12,13);4-6,12H,1-3H3;4-7,11H,1-3H3;1-6H3;10H,1-5H3;8H,1-5H3. The fraction of sp³-hybridized carbons (Fsp3) is 0.495. The topological polar surface area (TPSA) is 185 Å². The first-order chi connectivity index (χ1) is 53.8. The Balaban J connectivity index is 0.000000450. The summed E-state index contributed by atoms with van der Waals surface area (Å²) in [6.45, 7) is 77.6. The van der Waals surface area contributed by atoms with Gasteiger partial charge in [0.25, 0.3) is 0 Å². The molecule has 0 atom stereocenters. The summed E-state index contributed by atoms with van der Waals surface area (Å²) in [6.07, 6.45) is 10.9. The van der Waals surface area contributed by atoms with E-state index in [0.717, 1.165) is 50.2 Å². The Morgan fingerprint density at radius 1 is 0.403 bits per heavy atom. The molecule has 16 heteroatoms. The summed E-state index contributed by atoms with van der Waals surface area (Å²) in [4.78, 5) is 21.5. The number of benzene rings is 4. The van der Waals surface area contributed by atoms with Crippen molar-refractivity contribution in [3.8, 4) is 52.8 Å². The molecule has 0 aliphatic carbocycles. The van der Waals surface area contributed by atoms with Gasteiger partial charge in [0.2, 0.25) is 5.95 Å². The Bertz CT molecular complexity index is 5010. The van der Waals surface area contributed by atoms with Crippen LogP contribution in [0.25, 0.3) is 44.0 Å². The van der Waals surface area contributed by atoms with Crippen LogP contribution in [0.1, 0.15) is 295 Å². The molecule has 0 bridgehead atoms. The lowest BCUT2D eigenvalue weighted by Crippen LogP contribution is -2.16. The summed E-state index contributed by atoms with van der Waals surface area (Å²) in [5.74, 6) is 19.6. The number of aromatic hydroxyl groups is 2. The Morgan fingerprint density at radius 3 is 1.15 bits per heavy atom. The van der Waals surface area contributed by atoms with Gasteiger partial charge < -0.3 is 35.0 Å². The van der Waals surface area contributed by atoms with E-state index in [1.807, 2.05) is 94.1 Å². The van der Waals surface area contributed by atoms with E-state index in [1.54, 1.807) is 57.5 Å². The van der Waals surface area contributed by atoms with Gasteiger partial charge in [0.1, 0.15) is 45.6 Å². The Morgan fingerprint density at radius 2 is 0.798 bits per heavy atom. The number of aliphatic hydroxyl groups is 1. The molecule has 7 heterocycles. The monoisotopic (exact) mass is 1670 g/mol. The maximum Gasteiger partial charge on any atom is 0.215 e. The van der Waals surface area contributed by atoms with Crippen LogP contribution >= 0.6 is 23.2 Å². The van der Waals surface area contributed by atoms with E-state index in [4.69, 9.17) is 27.9 Å². The van der Waals surface area contributed by atoms with Gasteiger partial charge in [0.05, 0.1) is 34.3 Å². The average molecular weight is 1670 g/mol. The number of H-pyrrole nitrogens is 4. The van der Waals surface area contributed by atoms with E-state index in [9.17, 15) is 24.1 Å². The molecule has 0 unspecified atom stereocenters. The molecule has 0 radical (unpaired) electrons. The van der Waals surface area contributed by atoms with Crippen molar-refractivity contribution in [1.82, 2.24) is 40.1 Å². The minimum atomic E-state index is -0.854. The Hall–Kier alpha value is -9.10. The van der Waals surface area contributed by atoms with Crippen molar-refractivity contribution in [1.29, 1.82) is 0 Å².